The van der Waals surface area contributed by atoms with Gasteiger partial charge in [-0.1, -0.05) is 35.8 Å². The molecule has 160 valence electrons. The molecule has 1 saturated carbocycles. The van der Waals surface area contributed by atoms with Crippen LogP contribution >= 0.6 is 0 Å². The van der Waals surface area contributed by atoms with Gasteiger partial charge in [-0.25, -0.2) is 4.79 Å². The topological polar surface area (TPSA) is 116 Å². The van der Waals surface area contributed by atoms with E-state index < -0.39 is 0 Å². The summed E-state index contributed by atoms with van der Waals surface area (Å²) in [6.45, 7) is 9.78. The van der Waals surface area contributed by atoms with E-state index in [0.29, 0.717) is 18.4 Å². The molecule has 0 aromatic carbocycles. The maximum atomic E-state index is 12.4. The Bertz CT molecular complexity index is 643. The molecule has 0 saturated heterocycles. The van der Waals surface area contributed by atoms with Gasteiger partial charge in [-0.3, -0.25) is 4.79 Å². The predicted octanol–water partition coefficient (Wildman–Crippen LogP) is 3.40. The summed E-state index contributed by atoms with van der Waals surface area (Å²) >= 11 is 0. The van der Waals surface area contributed by atoms with Crippen molar-refractivity contribution in [1.82, 2.24) is 0 Å². The molecule has 28 heavy (non-hydrogen) atoms. The minimum absolute atomic E-state index is 0. The molecule has 0 radical (unpaired) electrons. The van der Waals surface area contributed by atoms with Gasteiger partial charge in [-0.2, -0.15) is 0 Å². The van der Waals surface area contributed by atoms with E-state index in [4.69, 9.17) is 9.47 Å². The summed E-state index contributed by atoms with van der Waals surface area (Å²) in [5, 5.41) is 0. The SMILES string of the molecule is C=C(CC)C(=O)OC(C)C/C1=C2\CC/C(=C(/C)CC1)CCC2C(=O)OC.O.O. The monoisotopic (exact) mass is 396 g/mol. The molecule has 0 heterocycles. The third kappa shape index (κ3) is 6.31. The van der Waals surface area contributed by atoms with Gasteiger partial charge in [0.25, 0.3) is 0 Å². The Labute approximate surface area is 168 Å². The fourth-order valence-electron chi connectivity index (χ4n) is 4.04. The molecule has 0 aromatic heterocycles. The van der Waals surface area contributed by atoms with E-state index >= 15 is 0 Å². The number of fused-ring (bicyclic) bond motifs is 3. The van der Waals surface area contributed by atoms with Crippen molar-refractivity contribution in [3.63, 3.8) is 0 Å². The molecule has 0 spiro atoms. The Morgan fingerprint density at radius 2 is 1.82 bits per heavy atom. The number of esters is 2. The van der Waals surface area contributed by atoms with Crippen LogP contribution in [0.3, 0.4) is 0 Å². The smallest absolute Gasteiger partial charge is 0.333 e. The number of ether oxygens (including phenoxy) is 2. The highest BCUT2D eigenvalue weighted by atomic mass is 16.5. The standard InChI is InChI=1S/C22H32O4.2H2O/c1-6-14(2)21(23)26-16(4)13-18-8-7-15(3)17-9-11-19(18)20(12-10-17)22(24)25-5;;/h16,20H,2,6-13H2,1,3-5H3;2*1H2/b17-15+,19-18+;;. The maximum absolute atomic E-state index is 12.4. The zero-order valence-corrected chi connectivity index (χ0v) is 17.7. The molecule has 1 fully saturated rings. The van der Waals surface area contributed by atoms with E-state index in [-0.39, 0.29) is 34.9 Å². The van der Waals surface area contributed by atoms with Gasteiger partial charge in [0.2, 0.25) is 0 Å². The highest BCUT2D eigenvalue weighted by Crippen LogP contribution is 2.40. The minimum Gasteiger partial charge on any atom is -0.469 e. The number of allylic oxidation sites excluding steroid dienone is 2. The molecule has 2 unspecified atom stereocenters. The van der Waals surface area contributed by atoms with Crippen molar-refractivity contribution in [2.45, 2.75) is 78.2 Å². The van der Waals surface area contributed by atoms with Crippen molar-refractivity contribution in [2.24, 2.45) is 5.92 Å². The van der Waals surface area contributed by atoms with Crippen molar-refractivity contribution in [1.29, 1.82) is 0 Å². The van der Waals surface area contributed by atoms with Gasteiger partial charge in [0.1, 0.15) is 6.10 Å². The number of carbonyl (C=O) groups is 2. The van der Waals surface area contributed by atoms with Crippen LogP contribution in [0.2, 0.25) is 0 Å². The van der Waals surface area contributed by atoms with Crippen LogP contribution in [0.5, 0.6) is 0 Å². The van der Waals surface area contributed by atoms with Crippen LogP contribution < -0.4 is 0 Å². The molecule has 2 aliphatic rings. The van der Waals surface area contributed by atoms with Crippen molar-refractivity contribution in [3.05, 3.63) is 34.4 Å². The Kier molecular flexibility index (Phi) is 11.0. The van der Waals surface area contributed by atoms with Crippen LogP contribution in [-0.2, 0) is 19.1 Å². The Morgan fingerprint density at radius 1 is 1.14 bits per heavy atom. The van der Waals surface area contributed by atoms with Crippen molar-refractivity contribution in [2.75, 3.05) is 7.11 Å². The molecular weight excluding hydrogens is 360 g/mol. The predicted molar refractivity (Wildman–Crippen MR) is 110 cm³/mol. The number of carbonyl (C=O) groups excluding carboxylic acids is 2. The lowest BCUT2D eigenvalue weighted by molar-refractivity contribution is -0.145. The van der Waals surface area contributed by atoms with Crippen LogP contribution in [0.15, 0.2) is 34.4 Å². The van der Waals surface area contributed by atoms with Gasteiger partial charge in [0, 0.05) is 12.0 Å². The van der Waals surface area contributed by atoms with E-state index in [0.717, 1.165) is 38.5 Å². The maximum Gasteiger partial charge on any atom is 0.333 e. The molecule has 4 N–H and O–H groups in total. The zero-order chi connectivity index (χ0) is 19.3. The fourth-order valence-corrected chi connectivity index (χ4v) is 4.04. The third-order valence-corrected chi connectivity index (χ3v) is 5.75. The zero-order valence-electron chi connectivity index (χ0n) is 17.7. The molecule has 6 nitrogen and oxygen atoms in total. The molecule has 2 rings (SSSR count). The van der Waals surface area contributed by atoms with Crippen molar-refractivity contribution >= 4 is 11.9 Å². The second-order valence-electron chi connectivity index (χ2n) is 7.50. The van der Waals surface area contributed by atoms with Crippen LogP contribution in [-0.4, -0.2) is 36.1 Å². The molecule has 6 heteroatoms. The second-order valence-corrected chi connectivity index (χ2v) is 7.50. The Balaban J connectivity index is 0.00000364. The van der Waals surface area contributed by atoms with Gasteiger partial charge in [0.15, 0.2) is 0 Å². The van der Waals surface area contributed by atoms with Crippen LogP contribution in [0.1, 0.15) is 72.1 Å². The molecule has 0 aliphatic heterocycles. The molecule has 0 aromatic rings. The highest BCUT2D eigenvalue weighted by Gasteiger charge is 2.31. The van der Waals surface area contributed by atoms with E-state index in [2.05, 4.69) is 13.5 Å². The summed E-state index contributed by atoms with van der Waals surface area (Å²) in [4.78, 5) is 24.4. The quantitative estimate of drug-likeness (QED) is 0.388. The first-order chi connectivity index (χ1) is 12.4. The van der Waals surface area contributed by atoms with E-state index in [1.54, 1.807) is 0 Å². The summed E-state index contributed by atoms with van der Waals surface area (Å²) in [6, 6.07) is 0. The molecule has 2 aliphatic carbocycles. The van der Waals surface area contributed by atoms with Gasteiger partial charge >= 0.3 is 11.9 Å². The molecular formula is C22H36O6. The summed E-state index contributed by atoms with van der Waals surface area (Å²) in [7, 11) is 1.47. The average Bonchev–Trinajstić information content (AvgIpc) is 2.82. The van der Waals surface area contributed by atoms with Crippen LogP contribution in [0.4, 0.5) is 0 Å². The molecule has 2 atom stereocenters. The van der Waals surface area contributed by atoms with E-state index in [1.807, 2.05) is 13.8 Å². The number of methoxy groups -OCH3 is 1. The molecule has 0 amide bonds. The first-order valence-corrected chi connectivity index (χ1v) is 9.72. The number of hydrogen-bond donors (Lipinski definition) is 0. The Hall–Kier alpha value is -1.92. The van der Waals surface area contributed by atoms with Gasteiger partial charge in [-0.15, -0.1) is 0 Å². The lowest BCUT2D eigenvalue weighted by Crippen LogP contribution is -2.21. The minimum atomic E-state index is -0.319. The second kappa shape index (κ2) is 11.8. The third-order valence-electron chi connectivity index (χ3n) is 5.75. The van der Waals surface area contributed by atoms with Gasteiger partial charge in [-0.05, 0) is 58.8 Å². The summed E-state index contributed by atoms with van der Waals surface area (Å²) in [5.41, 5.74) is 5.94. The first kappa shape index (κ1) is 26.1. The largest absolute Gasteiger partial charge is 0.469 e. The normalized spacial score (nSPS) is 25.2. The summed E-state index contributed by atoms with van der Waals surface area (Å²) in [6.07, 6.45) is 6.72. The highest BCUT2D eigenvalue weighted by molar-refractivity contribution is 5.87. The number of hydrogen-bond acceptors (Lipinski definition) is 4. The molecule has 2 bridgehead atoms. The first-order valence-electron chi connectivity index (χ1n) is 9.72. The van der Waals surface area contributed by atoms with Crippen molar-refractivity contribution in [3.8, 4) is 0 Å². The van der Waals surface area contributed by atoms with Gasteiger partial charge < -0.3 is 20.4 Å². The van der Waals surface area contributed by atoms with Crippen molar-refractivity contribution < 1.29 is 30.0 Å². The lowest BCUT2D eigenvalue weighted by atomic mass is 9.84. The van der Waals surface area contributed by atoms with Gasteiger partial charge in [0.05, 0.1) is 13.0 Å². The fraction of sp³-hybridized carbons (Fsp3) is 0.636. The van der Waals surface area contributed by atoms with E-state index in [9.17, 15) is 9.59 Å². The van der Waals surface area contributed by atoms with E-state index in [1.165, 1.54) is 29.4 Å². The van der Waals surface area contributed by atoms with Crippen LogP contribution in [0.25, 0.3) is 0 Å². The average molecular weight is 397 g/mol. The lowest BCUT2D eigenvalue weighted by Gasteiger charge is -2.24. The Morgan fingerprint density at radius 3 is 2.43 bits per heavy atom. The summed E-state index contributed by atoms with van der Waals surface area (Å²) < 4.78 is 10.6. The van der Waals surface area contributed by atoms with Crippen LogP contribution in [0, 0.1) is 5.92 Å². The summed E-state index contributed by atoms with van der Waals surface area (Å²) in [5.74, 6) is -0.616. The number of rotatable bonds is 6.